The van der Waals surface area contributed by atoms with E-state index in [0.29, 0.717) is 22.8 Å². The van der Waals surface area contributed by atoms with Gasteiger partial charge in [-0.25, -0.2) is 0 Å². The van der Waals surface area contributed by atoms with Crippen molar-refractivity contribution in [2.75, 3.05) is 125 Å². The molecule has 0 aliphatic heterocycles. The first kappa shape index (κ1) is 145. The first-order valence-corrected chi connectivity index (χ1v) is 44.8. The van der Waals surface area contributed by atoms with E-state index < -0.39 is 34.9 Å². The van der Waals surface area contributed by atoms with Crippen LogP contribution in [0.3, 0.4) is 0 Å². The number of pyridine rings is 6. The molecule has 0 amide bonds. The summed E-state index contributed by atoms with van der Waals surface area (Å²) in [6, 6.07) is 95.4. The summed E-state index contributed by atoms with van der Waals surface area (Å²) in [4.78, 5) is 33.9. The van der Waals surface area contributed by atoms with Gasteiger partial charge in [-0.2, -0.15) is 62.3 Å². The number of anilines is 1. The first-order valence-electron chi connectivity index (χ1n) is 38.8. The molecule has 14 aromatic rings. The standard InChI is InChI=1S/C13H11F2N2.C12H8F2NO.C11H6F2N.3C11H8N.2C8H9O.4C4H10NO.2CN.2CH3.2ClH.6Ir/c1-17(2)10-5-6-16-13(8-10)11-4-3-9(14)7-12(11)15;1-16-9-4-5-15-12(7-9)10-3-2-8(13)6-11(10)14;12-8-4-5-9(10(13)7-8)11-3-1-2-6-14-11;3*1-2-6-10(7-3-1)11-8-4-5-9-12-11;2*1-9-7-8-5-3-2-4-6-8;4*1-5(2)4-6-3;2*1-2;;;;;;;;;;/h3,5-8H,1-2H3;2,4-7H,1H3;1-4,6-7H;3*1-6,8-9H;2*2-7H,1H3;4*4H,1-3H3;;;2*1H3;2*1H;;;;;;/q16*-1;;;6*+3/p-2. The molecule has 0 atom stereocenters. The van der Waals surface area contributed by atoms with Crippen LogP contribution in [0.2, 0.25) is 0 Å². The van der Waals surface area contributed by atoms with Crippen LogP contribution in [0.5, 0.6) is 5.75 Å². The Morgan fingerprint density at radius 1 is 0.302 bits per heavy atom. The predicted molar refractivity (Wildman–Crippen MR) is 520 cm³/mol. The minimum atomic E-state index is -0.694. The van der Waals surface area contributed by atoms with Crippen LogP contribution < -0.4 is 9.64 Å². The number of halogens is 8. The van der Waals surface area contributed by atoms with E-state index in [0.717, 1.165) is 87.0 Å². The molecule has 0 aliphatic rings. The molecule has 0 unspecified atom stereocenters. The molecule has 6 aromatic heterocycles. The Bertz CT molecular complexity index is 4780. The fraction of sp³-hybridized carbons (Fsp3) is 0.162. The van der Waals surface area contributed by atoms with E-state index in [2.05, 4.69) is 104 Å². The molecule has 8 aromatic carbocycles. The maximum Gasteiger partial charge on any atom is 3.00 e. The molecule has 0 radical (unpaired) electrons. The zero-order valence-electron chi connectivity index (χ0n) is 80.0. The second-order valence-corrected chi connectivity index (χ2v) is 25.9. The van der Waals surface area contributed by atoms with Gasteiger partial charge in [0.25, 0.3) is 0 Å². The number of hydrogen-bond donors (Lipinski definition) is 0. The van der Waals surface area contributed by atoms with Gasteiger partial charge in [0.1, 0.15) is 5.75 Å². The monoisotopic (exact) mass is 3010 g/mol. The van der Waals surface area contributed by atoms with Crippen LogP contribution in [0.1, 0.15) is 11.1 Å². The maximum atomic E-state index is 13.5. The Kier molecular flexibility index (Phi) is 102. The third-order valence-corrected chi connectivity index (χ3v) is 14.6. The molecular weight excluding hydrogens is 2890 g/mol. The van der Waals surface area contributed by atoms with Crippen LogP contribution in [-0.4, -0.2) is 170 Å². The van der Waals surface area contributed by atoms with Crippen molar-refractivity contribution in [1.29, 1.82) is 10.5 Å². The average Bonchev–Trinajstić information content (AvgIpc) is 0.722. The van der Waals surface area contributed by atoms with Crippen molar-refractivity contribution in [2.24, 2.45) is 0 Å². The summed E-state index contributed by atoms with van der Waals surface area (Å²) in [6.07, 6.45) is 9.99. The molecule has 0 fully saturated rings. The summed E-state index contributed by atoms with van der Waals surface area (Å²) >= 11 is 2.94. The van der Waals surface area contributed by atoms with Crippen LogP contribution in [0.15, 0.2) is 304 Å². The van der Waals surface area contributed by atoms with Gasteiger partial charge in [-0.05, 0) is 133 Å². The van der Waals surface area contributed by atoms with Crippen LogP contribution >= 0.6 is 19.2 Å². The summed E-state index contributed by atoms with van der Waals surface area (Å²) < 4.78 is 111. The summed E-state index contributed by atoms with van der Waals surface area (Å²) in [5.74, 6) is -3.39. The van der Waals surface area contributed by atoms with Crippen molar-refractivity contribution in [3.05, 3.63) is 455 Å². The topological polar surface area (TPSA) is 206 Å². The normalized spacial score (nSPS) is 8.97. The van der Waals surface area contributed by atoms with Crippen molar-refractivity contribution in [2.45, 2.75) is 0 Å². The molecule has 0 spiro atoms. The molecule has 20 nitrogen and oxygen atoms in total. The quantitative estimate of drug-likeness (QED) is 0.0514. The maximum absolute atomic E-state index is 13.5. The fourth-order valence-corrected chi connectivity index (χ4v) is 9.35. The van der Waals surface area contributed by atoms with Gasteiger partial charge in [0.15, 0.2) is 0 Å². The summed E-state index contributed by atoms with van der Waals surface area (Å²) in [5.41, 5.74) is 10.9. The number of methoxy groups -OCH3 is 7. The van der Waals surface area contributed by atoms with Crippen molar-refractivity contribution in [3.8, 4) is 73.3 Å². The molecular formula is C105H113Cl2F6Ir6N13O7. The van der Waals surface area contributed by atoms with Gasteiger partial charge < -0.3 is 126 Å². The second-order valence-electron chi connectivity index (χ2n) is 25.9. The molecule has 139 heavy (non-hydrogen) atoms. The second kappa shape index (κ2) is 97.5. The minimum absolute atomic E-state index is 0. The first-order chi connectivity index (χ1) is 64.4. The molecule has 0 bridgehead atoms. The van der Waals surface area contributed by atoms with Crippen LogP contribution in [0.25, 0.3) is 67.5 Å². The number of benzene rings is 8. The Hall–Kier alpha value is -9.36. The minimum Gasteiger partial charge on any atom is -0.305 e. The summed E-state index contributed by atoms with van der Waals surface area (Å²) in [7, 11) is 39.6. The Labute approximate surface area is 905 Å². The zero-order valence-corrected chi connectivity index (χ0v) is 95.9. The van der Waals surface area contributed by atoms with Crippen LogP contribution in [0.4, 0.5) is 32.0 Å². The van der Waals surface area contributed by atoms with Crippen molar-refractivity contribution < 1.29 is 176 Å². The number of hydrogen-bond acceptors (Lipinski definition) is 20. The summed E-state index contributed by atoms with van der Waals surface area (Å²) in [5, 5.41) is 12.5. The fourth-order valence-electron chi connectivity index (χ4n) is 9.35. The summed E-state index contributed by atoms with van der Waals surface area (Å²) in [6.45, 7) is 19.4. The van der Waals surface area contributed by atoms with E-state index in [1.54, 1.807) is 150 Å². The van der Waals surface area contributed by atoms with Gasteiger partial charge in [0.05, 0.1) is 7.11 Å². The number of nitrogens with zero attached hydrogens (tertiary/aromatic N) is 13. The average molecular weight is 3010 g/mol. The number of rotatable bonds is 20. The van der Waals surface area contributed by atoms with E-state index in [9.17, 15) is 26.3 Å². The molecule has 14 rings (SSSR count). The number of ether oxygens (including phenoxy) is 7. The molecule has 0 N–H and O–H groups in total. The van der Waals surface area contributed by atoms with Gasteiger partial charge in [-0.3, -0.25) is 26.3 Å². The third kappa shape index (κ3) is 71.7. The van der Waals surface area contributed by atoms with E-state index in [-0.39, 0.29) is 112 Å². The van der Waals surface area contributed by atoms with Gasteiger partial charge in [0, 0.05) is 135 Å². The Morgan fingerprint density at radius 3 is 0.791 bits per heavy atom. The smallest absolute Gasteiger partial charge is 0.305 e. The van der Waals surface area contributed by atoms with E-state index in [1.165, 1.54) is 49.1 Å². The molecule has 0 saturated carbocycles. The Morgan fingerprint density at radius 2 is 0.561 bits per heavy atom. The van der Waals surface area contributed by atoms with Gasteiger partial charge >= 0.3 is 135 Å². The van der Waals surface area contributed by atoms with Crippen LogP contribution in [-0.2, 0) is 145 Å². The molecule has 0 saturated heterocycles. The molecule has 34 heteroatoms. The van der Waals surface area contributed by atoms with Gasteiger partial charge in [-0.1, -0.05) is 115 Å². The van der Waals surface area contributed by atoms with Crippen LogP contribution in [0, 0.1) is 150 Å². The van der Waals surface area contributed by atoms with E-state index in [1.807, 2.05) is 289 Å². The van der Waals surface area contributed by atoms with Crippen molar-refractivity contribution in [3.63, 3.8) is 0 Å². The zero-order chi connectivity index (χ0) is 99.6. The molecule has 0 aliphatic carbocycles. The SMILES string of the molecule is CN(C)c1ccnc(-c2[c-]cc(F)cc2F)c1.CO[CH-]N(C)C.CO[CH-]N(C)C.CO[CH-]N(C)C.CO[CH-]N(C)C.CO[CH-]c1ccccc1.CO[CH-]c1ccccc1.COc1ccnc(-c2[c-]cc(F)cc2F)c1.Fc1c[c-]c(-c2ccccn2)c(F)c1.[C-]#N.[C-]#N.[CH3-].[CH3-].[Cl][Ir+2].[Cl][Ir+2].[Ir+3].[Ir+3].[Ir+3].[Ir+3].[c-]1ccccc1-c1ccccn1.[c-]1ccccc1-c1ccccn1.[c-]1ccccc1-c1ccccn1. The number of aromatic nitrogens is 6. The van der Waals surface area contributed by atoms with Gasteiger partial charge in [0.2, 0.25) is 0 Å². The largest absolute Gasteiger partial charge is 3.00 e. The Balaban J connectivity index is -0.000000225. The van der Waals surface area contributed by atoms with E-state index in [4.69, 9.17) is 37.9 Å². The van der Waals surface area contributed by atoms with Gasteiger partial charge in [-0.15, -0.1) is 168 Å². The van der Waals surface area contributed by atoms with E-state index >= 15 is 0 Å². The molecule has 6 heterocycles. The predicted octanol–water partition coefficient (Wildman–Crippen LogP) is 23.6. The third-order valence-electron chi connectivity index (χ3n) is 14.6. The van der Waals surface area contributed by atoms with Crippen molar-refractivity contribution in [1.82, 2.24) is 49.5 Å². The van der Waals surface area contributed by atoms with Crippen molar-refractivity contribution >= 4 is 24.9 Å². The molecule has 750 valence electrons.